The van der Waals surface area contributed by atoms with Crippen LogP contribution in [0.3, 0.4) is 0 Å². The van der Waals surface area contributed by atoms with Crippen molar-refractivity contribution in [2.75, 3.05) is 20.1 Å². The average Bonchev–Trinajstić information content (AvgIpc) is 3.10. The molecule has 6 heteroatoms. The Morgan fingerprint density at radius 2 is 1.87 bits per heavy atom. The lowest BCUT2D eigenvalue weighted by Gasteiger charge is -2.35. The van der Waals surface area contributed by atoms with E-state index in [0.717, 1.165) is 44.2 Å². The van der Waals surface area contributed by atoms with Crippen molar-refractivity contribution in [2.24, 2.45) is 11.8 Å². The molecule has 2 aromatic rings. The van der Waals surface area contributed by atoms with Gasteiger partial charge in [-0.15, -0.1) is 0 Å². The first-order valence-corrected chi connectivity index (χ1v) is 11.5. The Labute approximate surface area is 184 Å². The van der Waals surface area contributed by atoms with Crippen LogP contribution in [-0.4, -0.2) is 52.5 Å². The van der Waals surface area contributed by atoms with Crippen molar-refractivity contribution in [3.05, 3.63) is 35.5 Å². The van der Waals surface area contributed by atoms with E-state index in [2.05, 4.69) is 23.2 Å². The number of para-hydroxylation sites is 1. The molecule has 1 aliphatic carbocycles. The highest BCUT2D eigenvalue weighted by molar-refractivity contribution is 5.86. The van der Waals surface area contributed by atoms with Crippen LogP contribution in [0.25, 0.3) is 10.9 Å². The number of aromatic amines is 1. The van der Waals surface area contributed by atoms with Crippen LogP contribution in [0.15, 0.2) is 24.3 Å². The molecule has 0 atom stereocenters. The first-order chi connectivity index (χ1) is 14.7. The van der Waals surface area contributed by atoms with Crippen molar-refractivity contribution in [1.29, 1.82) is 0 Å². The molecule has 1 saturated carbocycles. The molecule has 1 aliphatic heterocycles. The molecule has 0 saturated heterocycles. The van der Waals surface area contributed by atoms with Crippen LogP contribution in [0, 0.1) is 11.8 Å². The number of hydrogen-bond donors (Lipinski definition) is 1. The number of nitrogens with zero attached hydrogens (tertiary/aromatic N) is 2. The van der Waals surface area contributed by atoms with E-state index in [9.17, 15) is 9.59 Å². The normalized spacial score (nSPS) is 21.6. The summed E-state index contributed by atoms with van der Waals surface area (Å²) in [5, 5.41) is 1.29. The number of ether oxygens (including phenoxy) is 1. The SMILES string of the molecule is CN(CC1CCC(C(=O)N2CCc3c([nH]c4ccccc34)C2)CC1)C(=O)OC(C)(C)C. The number of carbonyl (C=O) groups is 2. The quantitative estimate of drug-likeness (QED) is 0.773. The lowest BCUT2D eigenvalue weighted by Crippen LogP contribution is -2.42. The van der Waals surface area contributed by atoms with Crippen LogP contribution in [0.5, 0.6) is 0 Å². The molecule has 0 bridgehead atoms. The third-order valence-corrected chi connectivity index (χ3v) is 6.63. The molecular weight excluding hydrogens is 390 g/mol. The Bertz CT molecular complexity index is 951. The van der Waals surface area contributed by atoms with Gasteiger partial charge in [0.2, 0.25) is 5.91 Å². The van der Waals surface area contributed by atoms with Gasteiger partial charge >= 0.3 is 6.09 Å². The van der Waals surface area contributed by atoms with Crippen LogP contribution in [0.2, 0.25) is 0 Å². The number of carbonyl (C=O) groups excluding carboxylic acids is 2. The minimum absolute atomic E-state index is 0.106. The maximum atomic E-state index is 13.2. The molecule has 1 aromatic carbocycles. The number of rotatable bonds is 3. The van der Waals surface area contributed by atoms with Crippen LogP contribution < -0.4 is 0 Å². The molecule has 4 rings (SSSR count). The predicted molar refractivity (Wildman–Crippen MR) is 122 cm³/mol. The van der Waals surface area contributed by atoms with Gasteiger partial charge in [0.1, 0.15) is 5.60 Å². The lowest BCUT2D eigenvalue weighted by molar-refractivity contribution is -0.137. The second-order valence-corrected chi connectivity index (χ2v) is 10.2. The minimum Gasteiger partial charge on any atom is -0.444 e. The van der Waals surface area contributed by atoms with Crippen molar-refractivity contribution in [3.63, 3.8) is 0 Å². The van der Waals surface area contributed by atoms with Gasteiger partial charge in [0, 0.05) is 42.7 Å². The molecule has 1 N–H and O–H groups in total. The number of aromatic nitrogens is 1. The van der Waals surface area contributed by atoms with E-state index in [0.29, 0.717) is 24.9 Å². The van der Waals surface area contributed by atoms with Gasteiger partial charge in [-0.3, -0.25) is 4.79 Å². The highest BCUT2D eigenvalue weighted by Crippen LogP contribution is 2.33. The van der Waals surface area contributed by atoms with E-state index in [1.165, 1.54) is 16.6 Å². The van der Waals surface area contributed by atoms with Crippen molar-refractivity contribution >= 4 is 22.9 Å². The maximum Gasteiger partial charge on any atom is 0.410 e. The second kappa shape index (κ2) is 8.56. The Kier molecular flexibility index (Phi) is 6.00. The van der Waals surface area contributed by atoms with Crippen LogP contribution in [0.4, 0.5) is 4.79 Å². The van der Waals surface area contributed by atoms with Gasteiger partial charge in [0.25, 0.3) is 0 Å². The van der Waals surface area contributed by atoms with Gasteiger partial charge in [0.05, 0.1) is 6.54 Å². The molecule has 31 heavy (non-hydrogen) atoms. The van der Waals surface area contributed by atoms with Crippen molar-refractivity contribution in [1.82, 2.24) is 14.8 Å². The van der Waals surface area contributed by atoms with E-state index < -0.39 is 5.60 Å². The number of hydrogen-bond acceptors (Lipinski definition) is 3. The Balaban J connectivity index is 1.29. The number of benzene rings is 1. The van der Waals surface area contributed by atoms with Crippen molar-refractivity contribution in [2.45, 2.75) is 65.0 Å². The van der Waals surface area contributed by atoms with Gasteiger partial charge in [-0.2, -0.15) is 0 Å². The predicted octanol–water partition coefficient (Wildman–Crippen LogP) is 4.73. The Hall–Kier alpha value is -2.50. The Morgan fingerprint density at radius 1 is 1.16 bits per heavy atom. The van der Waals surface area contributed by atoms with Gasteiger partial charge in [-0.05, 0) is 70.4 Å². The summed E-state index contributed by atoms with van der Waals surface area (Å²) in [6, 6.07) is 8.39. The highest BCUT2D eigenvalue weighted by atomic mass is 16.6. The monoisotopic (exact) mass is 425 g/mol. The summed E-state index contributed by atoms with van der Waals surface area (Å²) < 4.78 is 5.45. The minimum atomic E-state index is -0.477. The van der Waals surface area contributed by atoms with Crippen LogP contribution >= 0.6 is 0 Å². The molecule has 168 valence electrons. The molecule has 2 amide bonds. The standard InChI is InChI=1S/C25H35N3O3/c1-25(2,3)31-24(30)27(4)15-17-9-11-18(12-10-17)23(29)28-14-13-20-19-7-5-6-8-21(19)26-22(20)16-28/h5-8,17-18,26H,9-16H2,1-4H3. The lowest BCUT2D eigenvalue weighted by atomic mass is 9.81. The second-order valence-electron chi connectivity index (χ2n) is 10.2. The van der Waals surface area contributed by atoms with Gasteiger partial charge in [-0.1, -0.05) is 18.2 Å². The summed E-state index contributed by atoms with van der Waals surface area (Å²) in [6.45, 7) is 7.83. The fourth-order valence-corrected chi connectivity index (χ4v) is 5.03. The van der Waals surface area contributed by atoms with Gasteiger partial charge < -0.3 is 19.5 Å². The molecule has 0 radical (unpaired) electrons. The number of nitrogens with one attached hydrogen (secondary N) is 1. The molecule has 2 aliphatic rings. The van der Waals surface area contributed by atoms with Gasteiger partial charge in [0.15, 0.2) is 0 Å². The van der Waals surface area contributed by atoms with E-state index in [4.69, 9.17) is 4.74 Å². The third kappa shape index (κ3) is 4.89. The maximum absolute atomic E-state index is 13.2. The zero-order chi connectivity index (χ0) is 22.2. The number of H-pyrrole nitrogens is 1. The third-order valence-electron chi connectivity index (χ3n) is 6.63. The van der Waals surface area contributed by atoms with E-state index in [1.807, 2.05) is 31.7 Å². The zero-order valence-electron chi connectivity index (χ0n) is 19.2. The summed E-state index contributed by atoms with van der Waals surface area (Å²) in [7, 11) is 1.80. The summed E-state index contributed by atoms with van der Waals surface area (Å²) in [6.07, 6.45) is 4.42. The first-order valence-electron chi connectivity index (χ1n) is 11.5. The van der Waals surface area contributed by atoms with Crippen LogP contribution in [0.1, 0.15) is 57.7 Å². The largest absolute Gasteiger partial charge is 0.444 e. The van der Waals surface area contributed by atoms with Crippen molar-refractivity contribution in [3.8, 4) is 0 Å². The van der Waals surface area contributed by atoms with E-state index in [1.54, 1.807) is 11.9 Å². The number of amides is 2. The molecule has 2 heterocycles. The van der Waals surface area contributed by atoms with Gasteiger partial charge in [-0.25, -0.2) is 4.79 Å². The summed E-state index contributed by atoms with van der Waals surface area (Å²) in [5.74, 6) is 0.834. The van der Waals surface area contributed by atoms with E-state index >= 15 is 0 Å². The summed E-state index contributed by atoms with van der Waals surface area (Å²) in [5.41, 5.74) is 3.24. The smallest absolute Gasteiger partial charge is 0.410 e. The zero-order valence-corrected chi connectivity index (χ0v) is 19.2. The molecule has 1 fully saturated rings. The topological polar surface area (TPSA) is 65.6 Å². The Morgan fingerprint density at radius 3 is 2.58 bits per heavy atom. The van der Waals surface area contributed by atoms with Crippen LogP contribution in [-0.2, 0) is 22.5 Å². The van der Waals surface area contributed by atoms with Crippen molar-refractivity contribution < 1.29 is 14.3 Å². The molecule has 0 unspecified atom stereocenters. The molecule has 6 nitrogen and oxygen atoms in total. The molecular formula is C25H35N3O3. The first kappa shape index (κ1) is 21.7. The fourth-order valence-electron chi connectivity index (χ4n) is 5.03. The summed E-state index contributed by atoms with van der Waals surface area (Å²) in [4.78, 5) is 32.6. The molecule has 0 spiro atoms. The highest BCUT2D eigenvalue weighted by Gasteiger charge is 2.33. The number of fused-ring (bicyclic) bond motifs is 3. The average molecular weight is 426 g/mol. The summed E-state index contributed by atoms with van der Waals surface area (Å²) >= 11 is 0. The fraction of sp³-hybridized carbons (Fsp3) is 0.600. The molecule has 1 aromatic heterocycles. The van der Waals surface area contributed by atoms with E-state index in [-0.39, 0.29) is 12.0 Å².